The second-order valence-corrected chi connectivity index (χ2v) is 4.83. The summed E-state index contributed by atoms with van der Waals surface area (Å²) < 4.78 is 0. The Kier molecular flexibility index (Phi) is 3.15. The van der Waals surface area contributed by atoms with Crippen molar-refractivity contribution in [3.63, 3.8) is 0 Å². The van der Waals surface area contributed by atoms with E-state index in [1.54, 1.807) is 11.3 Å². The topological polar surface area (TPSA) is 45.1 Å². The lowest BCUT2D eigenvalue weighted by Gasteiger charge is -2.14. The molecule has 0 spiro atoms. The van der Waals surface area contributed by atoms with E-state index in [2.05, 4.69) is 17.2 Å². The maximum absolute atomic E-state index is 9.66. The first-order valence-corrected chi connectivity index (χ1v) is 5.96. The van der Waals surface area contributed by atoms with Crippen LogP contribution in [0.15, 0.2) is 11.6 Å². The van der Waals surface area contributed by atoms with Gasteiger partial charge in [0, 0.05) is 18.1 Å². The Labute approximate surface area is 88.2 Å². The Morgan fingerprint density at radius 2 is 2.50 bits per heavy atom. The number of hydrogen-bond donors (Lipinski definition) is 2. The van der Waals surface area contributed by atoms with E-state index < -0.39 is 0 Å². The fourth-order valence-corrected chi connectivity index (χ4v) is 2.15. The summed E-state index contributed by atoms with van der Waals surface area (Å²) in [6, 6.07) is 0.253. The molecule has 78 valence electrons. The van der Waals surface area contributed by atoms with E-state index in [1.165, 1.54) is 12.8 Å². The van der Waals surface area contributed by atoms with Gasteiger partial charge in [-0.2, -0.15) is 0 Å². The van der Waals surface area contributed by atoms with Gasteiger partial charge in [0.25, 0.3) is 0 Å². The zero-order valence-electron chi connectivity index (χ0n) is 8.31. The first kappa shape index (κ1) is 10.1. The molecule has 1 aliphatic rings. The van der Waals surface area contributed by atoms with Gasteiger partial charge >= 0.3 is 0 Å². The van der Waals surface area contributed by atoms with Crippen LogP contribution in [-0.4, -0.2) is 22.7 Å². The van der Waals surface area contributed by atoms with Gasteiger partial charge in [0.15, 0.2) is 0 Å². The molecule has 1 fully saturated rings. The lowest BCUT2D eigenvalue weighted by Crippen LogP contribution is -2.30. The number of aliphatic hydroxyl groups excluding tert-OH is 1. The van der Waals surface area contributed by atoms with Crippen LogP contribution in [-0.2, 0) is 0 Å². The second-order valence-electron chi connectivity index (χ2n) is 3.91. The summed E-state index contributed by atoms with van der Waals surface area (Å²) in [5, 5.41) is 16.0. The Morgan fingerprint density at radius 3 is 3.07 bits per heavy atom. The molecule has 4 heteroatoms. The van der Waals surface area contributed by atoms with Crippen molar-refractivity contribution < 1.29 is 5.11 Å². The SMILES string of the molecule is CC(NCC(O)C1CC1)c1nccs1. The summed E-state index contributed by atoms with van der Waals surface area (Å²) in [6.45, 7) is 2.77. The van der Waals surface area contributed by atoms with Gasteiger partial charge in [-0.25, -0.2) is 4.98 Å². The molecule has 1 aromatic heterocycles. The van der Waals surface area contributed by atoms with Crippen molar-refractivity contribution in [2.24, 2.45) is 5.92 Å². The molecule has 0 aliphatic heterocycles. The summed E-state index contributed by atoms with van der Waals surface area (Å²) in [6.07, 6.45) is 4.02. The van der Waals surface area contributed by atoms with Crippen molar-refractivity contribution in [3.05, 3.63) is 16.6 Å². The minimum Gasteiger partial charge on any atom is -0.392 e. The highest BCUT2D eigenvalue weighted by molar-refractivity contribution is 7.09. The van der Waals surface area contributed by atoms with E-state index in [0.29, 0.717) is 12.5 Å². The highest BCUT2D eigenvalue weighted by Crippen LogP contribution is 2.32. The fourth-order valence-electron chi connectivity index (χ4n) is 1.48. The molecule has 2 unspecified atom stereocenters. The monoisotopic (exact) mass is 212 g/mol. The van der Waals surface area contributed by atoms with Crippen LogP contribution in [0.5, 0.6) is 0 Å². The van der Waals surface area contributed by atoms with Crippen LogP contribution < -0.4 is 5.32 Å². The first-order valence-electron chi connectivity index (χ1n) is 5.08. The third-order valence-electron chi connectivity index (χ3n) is 2.62. The van der Waals surface area contributed by atoms with Crippen LogP contribution in [0.4, 0.5) is 0 Å². The van der Waals surface area contributed by atoms with E-state index in [-0.39, 0.29) is 12.1 Å². The lowest BCUT2D eigenvalue weighted by molar-refractivity contribution is 0.145. The van der Waals surface area contributed by atoms with Crippen LogP contribution in [0, 0.1) is 5.92 Å². The minimum absolute atomic E-state index is 0.169. The molecular weight excluding hydrogens is 196 g/mol. The van der Waals surface area contributed by atoms with Gasteiger partial charge in [0.05, 0.1) is 12.1 Å². The number of aromatic nitrogens is 1. The number of nitrogens with zero attached hydrogens (tertiary/aromatic N) is 1. The van der Waals surface area contributed by atoms with Gasteiger partial charge in [-0.15, -0.1) is 11.3 Å². The van der Waals surface area contributed by atoms with Crippen molar-refractivity contribution in [2.45, 2.75) is 31.9 Å². The van der Waals surface area contributed by atoms with Crippen molar-refractivity contribution in [2.75, 3.05) is 6.54 Å². The fraction of sp³-hybridized carbons (Fsp3) is 0.700. The molecular formula is C10H16N2OS. The number of rotatable bonds is 5. The van der Waals surface area contributed by atoms with E-state index in [4.69, 9.17) is 0 Å². The van der Waals surface area contributed by atoms with E-state index >= 15 is 0 Å². The summed E-state index contributed by atoms with van der Waals surface area (Å²) in [5.41, 5.74) is 0. The first-order chi connectivity index (χ1) is 6.77. The molecule has 0 aromatic carbocycles. The quantitative estimate of drug-likeness (QED) is 0.778. The maximum atomic E-state index is 9.66. The van der Waals surface area contributed by atoms with Gasteiger partial charge in [-0.1, -0.05) is 0 Å². The second kappa shape index (κ2) is 4.38. The Balaban J connectivity index is 1.74. The normalized spacial score (nSPS) is 20.7. The number of aliphatic hydroxyl groups is 1. The average Bonchev–Trinajstić information content (AvgIpc) is 2.90. The van der Waals surface area contributed by atoms with E-state index in [1.807, 2.05) is 11.6 Å². The number of hydrogen-bond acceptors (Lipinski definition) is 4. The van der Waals surface area contributed by atoms with Crippen LogP contribution in [0.25, 0.3) is 0 Å². The molecule has 1 heterocycles. The molecule has 1 aromatic rings. The van der Waals surface area contributed by atoms with Crippen LogP contribution in [0.3, 0.4) is 0 Å². The molecule has 14 heavy (non-hydrogen) atoms. The molecule has 3 nitrogen and oxygen atoms in total. The van der Waals surface area contributed by atoms with Gasteiger partial charge in [0.1, 0.15) is 5.01 Å². The van der Waals surface area contributed by atoms with Crippen molar-refractivity contribution in [1.29, 1.82) is 0 Å². The number of thiazole rings is 1. The van der Waals surface area contributed by atoms with Crippen molar-refractivity contribution in [1.82, 2.24) is 10.3 Å². The standard InChI is InChI=1S/C10H16N2OS/c1-7(10-11-4-5-14-10)12-6-9(13)8-2-3-8/h4-5,7-9,12-13H,2-3,6H2,1H3. The van der Waals surface area contributed by atoms with Crippen molar-refractivity contribution >= 4 is 11.3 Å². The van der Waals surface area contributed by atoms with Crippen LogP contribution in [0.2, 0.25) is 0 Å². The molecule has 0 saturated heterocycles. The summed E-state index contributed by atoms with van der Waals surface area (Å²) in [4.78, 5) is 4.23. The molecule has 1 aliphatic carbocycles. The average molecular weight is 212 g/mol. The smallest absolute Gasteiger partial charge is 0.109 e. The molecule has 0 radical (unpaired) electrons. The molecule has 0 bridgehead atoms. The highest BCUT2D eigenvalue weighted by atomic mass is 32.1. The predicted octanol–water partition coefficient (Wildman–Crippen LogP) is 1.56. The molecule has 2 rings (SSSR count). The maximum Gasteiger partial charge on any atom is 0.109 e. The summed E-state index contributed by atoms with van der Waals surface area (Å²) >= 11 is 1.65. The molecule has 2 atom stereocenters. The summed E-state index contributed by atoms with van der Waals surface area (Å²) in [5.74, 6) is 0.547. The molecule has 0 amide bonds. The third-order valence-corrected chi connectivity index (χ3v) is 3.58. The van der Waals surface area contributed by atoms with Crippen LogP contribution >= 0.6 is 11.3 Å². The van der Waals surface area contributed by atoms with E-state index in [9.17, 15) is 5.11 Å². The molecule has 1 saturated carbocycles. The molecule has 2 N–H and O–H groups in total. The third kappa shape index (κ3) is 2.53. The Morgan fingerprint density at radius 1 is 1.71 bits per heavy atom. The number of nitrogens with one attached hydrogen (secondary N) is 1. The van der Waals surface area contributed by atoms with Gasteiger partial charge < -0.3 is 10.4 Å². The van der Waals surface area contributed by atoms with Gasteiger partial charge in [-0.05, 0) is 25.7 Å². The van der Waals surface area contributed by atoms with Gasteiger partial charge in [0.2, 0.25) is 0 Å². The van der Waals surface area contributed by atoms with Crippen LogP contribution in [0.1, 0.15) is 30.8 Å². The Bertz CT molecular complexity index is 272. The zero-order chi connectivity index (χ0) is 9.97. The summed E-state index contributed by atoms with van der Waals surface area (Å²) in [7, 11) is 0. The predicted molar refractivity (Wildman–Crippen MR) is 57.3 cm³/mol. The lowest BCUT2D eigenvalue weighted by atomic mass is 10.2. The highest BCUT2D eigenvalue weighted by Gasteiger charge is 2.29. The Hall–Kier alpha value is -0.450. The minimum atomic E-state index is -0.169. The zero-order valence-corrected chi connectivity index (χ0v) is 9.13. The van der Waals surface area contributed by atoms with Crippen molar-refractivity contribution in [3.8, 4) is 0 Å². The van der Waals surface area contributed by atoms with E-state index in [0.717, 1.165) is 5.01 Å². The van der Waals surface area contributed by atoms with Gasteiger partial charge in [-0.3, -0.25) is 0 Å². The largest absolute Gasteiger partial charge is 0.392 e.